The Kier molecular flexibility index (Phi) is 5.66. The number of rotatable bonds is 5. The molecule has 0 bridgehead atoms. The summed E-state index contributed by atoms with van der Waals surface area (Å²) in [6.07, 6.45) is 3.01. The quantitative estimate of drug-likeness (QED) is 0.366. The molecular formula is C14H13N3O3. The lowest BCUT2D eigenvalue weighted by Crippen LogP contribution is -2.34. The Balaban J connectivity index is 3.23. The Morgan fingerprint density at radius 2 is 2.30 bits per heavy atom. The lowest BCUT2D eigenvalue weighted by atomic mass is 10.2. The van der Waals surface area contributed by atoms with E-state index >= 15 is 0 Å². The van der Waals surface area contributed by atoms with Crippen LogP contribution in [0.3, 0.4) is 0 Å². The number of aldehydes is 1. The highest BCUT2D eigenvalue weighted by Crippen LogP contribution is 2.17. The first-order chi connectivity index (χ1) is 9.65. The van der Waals surface area contributed by atoms with Crippen LogP contribution in [0.4, 0.5) is 5.82 Å². The molecule has 20 heavy (non-hydrogen) atoms. The second-order valence-corrected chi connectivity index (χ2v) is 3.52. The van der Waals surface area contributed by atoms with Crippen LogP contribution in [0.2, 0.25) is 0 Å². The predicted octanol–water partition coefficient (Wildman–Crippen LogP) is 0.510. The highest BCUT2D eigenvalue weighted by molar-refractivity contribution is 6.08. The SMILES string of the molecule is C=CC(=O)N(CC=O)c1ncccc1C(=O)NC#CC. The van der Waals surface area contributed by atoms with Crippen molar-refractivity contribution in [3.63, 3.8) is 0 Å². The summed E-state index contributed by atoms with van der Waals surface area (Å²) in [7, 11) is 0. The molecule has 0 aliphatic heterocycles. The highest BCUT2D eigenvalue weighted by atomic mass is 16.2. The summed E-state index contributed by atoms with van der Waals surface area (Å²) in [6, 6.07) is 5.46. The summed E-state index contributed by atoms with van der Waals surface area (Å²) in [6.45, 7) is 4.71. The van der Waals surface area contributed by atoms with Gasteiger partial charge in [-0.2, -0.15) is 0 Å². The van der Waals surface area contributed by atoms with E-state index in [4.69, 9.17) is 0 Å². The summed E-state index contributed by atoms with van der Waals surface area (Å²) >= 11 is 0. The first-order valence-corrected chi connectivity index (χ1v) is 5.70. The van der Waals surface area contributed by atoms with E-state index in [0.29, 0.717) is 6.29 Å². The fourth-order valence-electron chi connectivity index (χ4n) is 1.44. The van der Waals surface area contributed by atoms with Crippen LogP contribution in [0.15, 0.2) is 31.0 Å². The molecule has 0 fully saturated rings. The van der Waals surface area contributed by atoms with Crippen molar-refractivity contribution in [2.75, 3.05) is 11.4 Å². The molecule has 0 unspecified atom stereocenters. The van der Waals surface area contributed by atoms with Crippen molar-refractivity contribution in [2.45, 2.75) is 6.92 Å². The molecule has 0 atom stereocenters. The van der Waals surface area contributed by atoms with Crippen LogP contribution in [-0.4, -0.2) is 29.6 Å². The molecule has 1 rings (SSSR count). The van der Waals surface area contributed by atoms with Gasteiger partial charge in [0, 0.05) is 12.2 Å². The van der Waals surface area contributed by atoms with Crippen LogP contribution < -0.4 is 10.2 Å². The van der Waals surface area contributed by atoms with Gasteiger partial charge in [-0.1, -0.05) is 12.5 Å². The van der Waals surface area contributed by atoms with Crippen molar-refractivity contribution < 1.29 is 14.4 Å². The summed E-state index contributed by atoms with van der Waals surface area (Å²) in [5.74, 6) is 1.58. The Morgan fingerprint density at radius 1 is 1.55 bits per heavy atom. The van der Waals surface area contributed by atoms with Crippen molar-refractivity contribution in [1.82, 2.24) is 10.3 Å². The number of nitrogens with one attached hydrogen (secondary N) is 1. The zero-order chi connectivity index (χ0) is 15.0. The smallest absolute Gasteiger partial charge is 0.266 e. The summed E-state index contributed by atoms with van der Waals surface area (Å²) < 4.78 is 0. The topological polar surface area (TPSA) is 79.4 Å². The Bertz CT molecular complexity index is 599. The van der Waals surface area contributed by atoms with E-state index in [9.17, 15) is 14.4 Å². The summed E-state index contributed by atoms with van der Waals surface area (Å²) in [5.41, 5.74) is 0.146. The maximum atomic E-state index is 11.9. The van der Waals surface area contributed by atoms with Crippen LogP contribution in [0.5, 0.6) is 0 Å². The first kappa shape index (κ1) is 15.1. The fraction of sp³-hybridized carbons (Fsp3) is 0.143. The number of pyridine rings is 1. The fourth-order valence-corrected chi connectivity index (χ4v) is 1.44. The minimum absolute atomic E-state index is 0.0832. The lowest BCUT2D eigenvalue weighted by molar-refractivity contribution is -0.116. The number of aromatic nitrogens is 1. The third kappa shape index (κ3) is 3.53. The average molecular weight is 271 g/mol. The Morgan fingerprint density at radius 3 is 2.90 bits per heavy atom. The minimum atomic E-state index is -0.522. The number of nitrogens with zero attached hydrogens (tertiary/aromatic N) is 2. The van der Waals surface area contributed by atoms with Gasteiger partial charge in [0.2, 0.25) is 0 Å². The molecule has 1 N–H and O–H groups in total. The van der Waals surface area contributed by atoms with Gasteiger partial charge >= 0.3 is 0 Å². The van der Waals surface area contributed by atoms with Gasteiger partial charge in [-0.25, -0.2) is 4.98 Å². The zero-order valence-corrected chi connectivity index (χ0v) is 10.9. The molecular weight excluding hydrogens is 258 g/mol. The molecule has 102 valence electrons. The summed E-state index contributed by atoms with van der Waals surface area (Å²) in [4.78, 5) is 39.4. The molecule has 0 spiro atoms. The van der Waals surface area contributed by atoms with Gasteiger partial charge in [-0.3, -0.25) is 19.8 Å². The number of carbonyl (C=O) groups is 3. The lowest BCUT2D eigenvalue weighted by Gasteiger charge is -2.19. The summed E-state index contributed by atoms with van der Waals surface area (Å²) in [5, 5.41) is 2.35. The molecule has 2 amide bonds. The number of hydrogen-bond acceptors (Lipinski definition) is 4. The molecule has 1 heterocycles. The van der Waals surface area contributed by atoms with Gasteiger partial charge in [0.25, 0.3) is 11.8 Å². The third-order valence-electron chi connectivity index (χ3n) is 2.29. The predicted molar refractivity (Wildman–Crippen MR) is 73.8 cm³/mol. The molecule has 0 saturated carbocycles. The Labute approximate surface area is 116 Å². The second-order valence-electron chi connectivity index (χ2n) is 3.52. The monoisotopic (exact) mass is 271 g/mol. The van der Waals surface area contributed by atoms with Gasteiger partial charge in [0.05, 0.1) is 12.1 Å². The van der Waals surface area contributed by atoms with Gasteiger partial charge in [0.1, 0.15) is 12.1 Å². The van der Waals surface area contributed by atoms with E-state index in [1.54, 1.807) is 13.0 Å². The van der Waals surface area contributed by atoms with Crippen LogP contribution >= 0.6 is 0 Å². The largest absolute Gasteiger partial charge is 0.301 e. The van der Waals surface area contributed by atoms with E-state index in [1.807, 2.05) is 0 Å². The molecule has 6 heteroatoms. The normalized spacial score (nSPS) is 8.85. The Hall–Kier alpha value is -2.94. The van der Waals surface area contributed by atoms with Crippen LogP contribution in [0.25, 0.3) is 0 Å². The number of carbonyl (C=O) groups excluding carboxylic acids is 3. The maximum absolute atomic E-state index is 11.9. The third-order valence-corrected chi connectivity index (χ3v) is 2.29. The second kappa shape index (κ2) is 7.48. The van der Waals surface area contributed by atoms with Crippen LogP contribution in [-0.2, 0) is 9.59 Å². The molecule has 0 aliphatic carbocycles. The standard InChI is InChI=1S/C14H13N3O3/c1-3-7-16-14(20)11-6-5-8-15-13(11)17(9-10-18)12(19)4-2/h4-6,8,10H,2,9H2,1H3,(H,16,20). The van der Waals surface area contributed by atoms with Gasteiger partial charge < -0.3 is 4.79 Å². The van der Waals surface area contributed by atoms with E-state index in [2.05, 4.69) is 28.8 Å². The van der Waals surface area contributed by atoms with E-state index in [0.717, 1.165) is 11.0 Å². The molecule has 0 saturated heterocycles. The average Bonchev–Trinajstić information content (AvgIpc) is 2.49. The molecule has 1 aromatic rings. The first-order valence-electron chi connectivity index (χ1n) is 5.70. The van der Waals surface area contributed by atoms with Gasteiger partial charge in [0.15, 0.2) is 0 Å². The van der Waals surface area contributed by atoms with Crippen molar-refractivity contribution in [2.24, 2.45) is 0 Å². The molecule has 1 aromatic heterocycles. The highest BCUT2D eigenvalue weighted by Gasteiger charge is 2.20. The zero-order valence-electron chi connectivity index (χ0n) is 10.9. The minimum Gasteiger partial charge on any atom is -0.301 e. The van der Waals surface area contributed by atoms with E-state index in [-0.39, 0.29) is 17.9 Å². The van der Waals surface area contributed by atoms with Crippen molar-refractivity contribution in [3.05, 3.63) is 36.5 Å². The van der Waals surface area contributed by atoms with Crippen molar-refractivity contribution in [3.8, 4) is 12.0 Å². The molecule has 0 radical (unpaired) electrons. The van der Waals surface area contributed by atoms with Crippen LogP contribution in [0, 0.1) is 12.0 Å². The van der Waals surface area contributed by atoms with Gasteiger partial charge in [-0.05, 0) is 25.1 Å². The number of hydrogen-bond donors (Lipinski definition) is 1. The van der Waals surface area contributed by atoms with Crippen molar-refractivity contribution in [1.29, 1.82) is 0 Å². The number of amides is 2. The molecule has 0 aliphatic rings. The molecule has 0 aromatic carbocycles. The van der Waals surface area contributed by atoms with Gasteiger partial charge in [-0.15, -0.1) is 0 Å². The molecule has 6 nitrogen and oxygen atoms in total. The van der Waals surface area contributed by atoms with E-state index < -0.39 is 11.8 Å². The number of anilines is 1. The van der Waals surface area contributed by atoms with E-state index in [1.165, 1.54) is 12.3 Å². The maximum Gasteiger partial charge on any atom is 0.266 e. The van der Waals surface area contributed by atoms with Crippen LogP contribution in [0.1, 0.15) is 17.3 Å². The van der Waals surface area contributed by atoms with Crippen molar-refractivity contribution >= 4 is 23.9 Å².